The monoisotopic (exact) mass is 624 g/mol. The van der Waals surface area contributed by atoms with Crippen molar-refractivity contribution in [3.05, 3.63) is 168 Å². The van der Waals surface area contributed by atoms with Crippen molar-refractivity contribution in [3.63, 3.8) is 0 Å². The van der Waals surface area contributed by atoms with Crippen LogP contribution in [0.2, 0.25) is 0 Å². The zero-order valence-corrected chi connectivity index (χ0v) is 26.5. The Hall–Kier alpha value is -6.88. The maximum absolute atomic E-state index is 10.4. The molecule has 9 rings (SSSR count). The lowest BCUT2D eigenvalue weighted by molar-refractivity contribution is 1.10. The number of hydrogen-bond acceptors (Lipinski definition) is 2. The molecule has 0 amide bonds. The maximum Gasteiger partial charge on any atom is 0.0998 e. The SMILES string of the molecule is N#Cc1cc(-c2cccc(-c3c(C#N)cccc3-n3c4ccccc4c4ccccc43)c2)cc(-n2c3c(c4ccccc42)C=CCC=C3)c1. The summed E-state index contributed by atoms with van der Waals surface area (Å²) >= 11 is 0. The fourth-order valence-corrected chi connectivity index (χ4v) is 7.48. The van der Waals surface area contributed by atoms with Crippen LogP contribution in [-0.2, 0) is 0 Å². The van der Waals surface area contributed by atoms with Crippen LogP contribution in [0.3, 0.4) is 0 Å². The van der Waals surface area contributed by atoms with Gasteiger partial charge in [0.2, 0.25) is 0 Å². The molecule has 0 unspecified atom stereocenters. The summed E-state index contributed by atoms with van der Waals surface area (Å²) in [6.45, 7) is 0. The highest BCUT2D eigenvalue weighted by molar-refractivity contribution is 6.10. The summed E-state index contributed by atoms with van der Waals surface area (Å²) in [5, 5.41) is 24.2. The van der Waals surface area contributed by atoms with E-state index in [-0.39, 0.29) is 0 Å². The van der Waals surface area contributed by atoms with Crippen LogP contribution in [0.1, 0.15) is 28.8 Å². The zero-order chi connectivity index (χ0) is 32.9. The topological polar surface area (TPSA) is 57.4 Å². The van der Waals surface area contributed by atoms with Crippen molar-refractivity contribution in [2.45, 2.75) is 6.42 Å². The third kappa shape index (κ3) is 4.51. The zero-order valence-electron chi connectivity index (χ0n) is 26.5. The van der Waals surface area contributed by atoms with E-state index in [1.54, 1.807) is 0 Å². The predicted molar refractivity (Wildman–Crippen MR) is 201 cm³/mol. The van der Waals surface area contributed by atoms with Crippen molar-refractivity contribution in [1.29, 1.82) is 10.5 Å². The number of rotatable bonds is 4. The number of para-hydroxylation sites is 3. The van der Waals surface area contributed by atoms with E-state index in [1.807, 2.05) is 30.3 Å². The predicted octanol–water partition coefficient (Wildman–Crippen LogP) is 11.2. The molecule has 49 heavy (non-hydrogen) atoms. The van der Waals surface area contributed by atoms with Crippen LogP contribution in [0.5, 0.6) is 0 Å². The van der Waals surface area contributed by atoms with E-state index in [2.05, 4.69) is 149 Å². The molecule has 0 bridgehead atoms. The second-order valence-corrected chi connectivity index (χ2v) is 12.3. The van der Waals surface area contributed by atoms with Gasteiger partial charge in [0.25, 0.3) is 0 Å². The molecule has 4 heteroatoms. The molecule has 0 saturated heterocycles. The number of hydrogen-bond donors (Lipinski definition) is 0. The average Bonchev–Trinajstić information content (AvgIpc) is 3.54. The van der Waals surface area contributed by atoms with Gasteiger partial charge < -0.3 is 9.13 Å². The van der Waals surface area contributed by atoms with E-state index < -0.39 is 0 Å². The molecule has 2 aromatic heterocycles. The number of fused-ring (bicyclic) bond motifs is 6. The van der Waals surface area contributed by atoms with E-state index in [4.69, 9.17) is 0 Å². The van der Waals surface area contributed by atoms with Crippen molar-refractivity contribution in [3.8, 4) is 45.8 Å². The molecule has 0 aliphatic heterocycles. The molecule has 0 atom stereocenters. The van der Waals surface area contributed by atoms with Gasteiger partial charge in [0.1, 0.15) is 0 Å². The highest BCUT2D eigenvalue weighted by atomic mass is 15.0. The summed E-state index contributed by atoms with van der Waals surface area (Å²) in [6, 6.07) is 50.5. The van der Waals surface area contributed by atoms with Crippen molar-refractivity contribution in [1.82, 2.24) is 9.13 Å². The normalized spacial score (nSPS) is 12.2. The first-order chi connectivity index (χ1) is 24.2. The Morgan fingerprint density at radius 3 is 1.90 bits per heavy atom. The van der Waals surface area contributed by atoms with E-state index in [1.165, 1.54) is 21.7 Å². The van der Waals surface area contributed by atoms with Crippen LogP contribution in [-0.4, -0.2) is 9.13 Å². The van der Waals surface area contributed by atoms with Crippen LogP contribution >= 0.6 is 0 Å². The smallest absolute Gasteiger partial charge is 0.0998 e. The van der Waals surface area contributed by atoms with E-state index in [0.717, 1.165) is 62.3 Å². The highest BCUT2D eigenvalue weighted by Gasteiger charge is 2.20. The van der Waals surface area contributed by atoms with Gasteiger partial charge in [-0.1, -0.05) is 97.1 Å². The third-order valence-corrected chi connectivity index (χ3v) is 9.56. The summed E-state index contributed by atoms with van der Waals surface area (Å²) in [5.41, 5.74) is 12.3. The average molecular weight is 625 g/mol. The number of benzene rings is 6. The lowest BCUT2D eigenvalue weighted by atomic mass is 9.94. The molecule has 228 valence electrons. The van der Waals surface area contributed by atoms with E-state index in [9.17, 15) is 10.5 Å². The Morgan fingerprint density at radius 1 is 0.510 bits per heavy atom. The molecule has 0 radical (unpaired) electrons. The molecular weight excluding hydrogens is 597 g/mol. The van der Waals surface area contributed by atoms with Gasteiger partial charge in [0, 0.05) is 33.0 Å². The van der Waals surface area contributed by atoms with Gasteiger partial charge in [-0.3, -0.25) is 0 Å². The van der Waals surface area contributed by atoms with Gasteiger partial charge in [-0.05, 0) is 83.8 Å². The summed E-state index contributed by atoms with van der Waals surface area (Å²) in [6.07, 6.45) is 9.63. The molecule has 0 N–H and O–H groups in total. The fourth-order valence-electron chi connectivity index (χ4n) is 7.48. The number of nitriles is 2. The standard InChI is InChI=1S/C45H28N4/c46-28-30-24-34(27-35(25-30)48-40-19-3-1-2-15-36(40)37-16-4-7-20-41(37)48)31-12-10-13-32(26-31)45-33(29-47)14-11-23-44(45)49-42-21-8-5-17-38(42)39-18-6-9-22-43(39)49/h2-27H,1H2. The van der Waals surface area contributed by atoms with Gasteiger partial charge >= 0.3 is 0 Å². The Balaban J connectivity index is 1.26. The lowest BCUT2D eigenvalue weighted by Gasteiger charge is -2.17. The highest BCUT2D eigenvalue weighted by Crippen LogP contribution is 2.40. The van der Waals surface area contributed by atoms with Gasteiger partial charge in [-0.25, -0.2) is 0 Å². The van der Waals surface area contributed by atoms with Crippen LogP contribution in [0.15, 0.2) is 146 Å². The molecule has 1 aliphatic carbocycles. The van der Waals surface area contributed by atoms with E-state index >= 15 is 0 Å². The summed E-state index contributed by atoms with van der Waals surface area (Å²) < 4.78 is 4.53. The van der Waals surface area contributed by atoms with Crippen molar-refractivity contribution >= 4 is 44.9 Å². The lowest BCUT2D eigenvalue weighted by Crippen LogP contribution is -2.00. The number of allylic oxidation sites excluding steroid dienone is 2. The fraction of sp³-hybridized carbons (Fsp3) is 0.0222. The molecule has 0 saturated carbocycles. The molecule has 0 spiro atoms. The van der Waals surface area contributed by atoms with Gasteiger partial charge in [0.05, 0.1) is 51.2 Å². The van der Waals surface area contributed by atoms with Gasteiger partial charge in [-0.2, -0.15) is 10.5 Å². The minimum atomic E-state index is 0.584. The first-order valence-electron chi connectivity index (χ1n) is 16.4. The first-order valence-corrected chi connectivity index (χ1v) is 16.4. The largest absolute Gasteiger partial charge is 0.309 e. The van der Waals surface area contributed by atoms with Crippen LogP contribution < -0.4 is 0 Å². The molecule has 0 fully saturated rings. The summed E-state index contributed by atoms with van der Waals surface area (Å²) in [4.78, 5) is 0. The van der Waals surface area contributed by atoms with Gasteiger partial charge in [0.15, 0.2) is 0 Å². The van der Waals surface area contributed by atoms with Crippen molar-refractivity contribution in [2.24, 2.45) is 0 Å². The van der Waals surface area contributed by atoms with Crippen LogP contribution in [0.25, 0.3) is 78.5 Å². The second kappa shape index (κ2) is 11.4. The Labute approximate surface area is 283 Å². The molecule has 2 heterocycles. The maximum atomic E-state index is 10.4. The Bertz CT molecular complexity index is 2720. The van der Waals surface area contributed by atoms with Crippen LogP contribution in [0, 0.1) is 22.7 Å². The number of aromatic nitrogens is 2. The summed E-state index contributed by atoms with van der Waals surface area (Å²) in [5.74, 6) is 0. The minimum absolute atomic E-state index is 0.584. The molecule has 1 aliphatic rings. The Kier molecular flexibility index (Phi) is 6.61. The molecule has 6 aromatic carbocycles. The first kappa shape index (κ1) is 28.4. The third-order valence-electron chi connectivity index (χ3n) is 9.56. The molecule has 4 nitrogen and oxygen atoms in total. The second-order valence-electron chi connectivity index (χ2n) is 12.3. The van der Waals surface area contributed by atoms with Crippen molar-refractivity contribution in [2.75, 3.05) is 0 Å². The summed E-state index contributed by atoms with van der Waals surface area (Å²) in [7, 11) is 0. The molecule has 8 aromatic rings. The molecular formula is C45H28N4. The Morgan fingerprint density at radius 2 is 1.16 bits per heavy atom. The quantitative estimate of drug-likeness (QED) is 0.196. The minimum Gasteiger partial charge on any atom is -0.309 e. The van der Waals surface area contributed by atoms with Gasteiger partial charge in [-0.15, -0.1) is 0 Å². The number of nitrogens with zero attached hydrogens (tertiary/aromatic N) is 4. The van der Waals surface area contributed by atoms with Crippen LogP contribution in [0.4, 0.5) is 0 Å². The van der Waals surface area contributed by atoms with E-state index in [0.29, 0.717) is 11.1 Å². The van der Waals surface area contributed by atoms with Crippen molar-refractivity contribution < 1.29 is 0 Å².